The monoisotopic (exact) mass is 385 g/mol. The van der Waals surface area contributed by atoms with Gasteiger partial charge in [0.25, 0.3) is 5.56 Å². The van der Waals surface area contributed by atoms with Crippen LogP contribution in [0.3, 0.4) is 0 Å². The first-order chi connectivity index (χ1) is 11.6. The molecule has 0 unspecified atom stereocenters. The Morgan fingerprint density at radius 3 is 2.67 bits per heavy atom. The number of hydrogen-bond donors (Lipinski definition) is 1. The molecule has 0 saturated carbocycles. The van der Waals surface area contributed by atoms with Crippen molar-refractivity contribution in [1.82, 2.24) is 14.5 Å². The van der Waals surface area contributed by atoms with Crippen LogP contribution in [0.25, 0.3) is 27.4 Å². The van der Waals surface area contributed by atoms with Gasteiger partial charge in [0.2, 0.25) is 0 Å². The molecule has 24 heavy (non-hydrogen) atoms. The van der Waals surface area contributed by atoms with Gasteiger partial charge in [-0.15, -0.1) is 0 Å². The summed E-state index contributed by atoms with van der Waals surface area (Å²) in [6, 6.07) is 10.2. The first-order valence-corrected chi connectivity index (χ1v) is 7.83. The number of aromatic nitrogens is 3. The number of H-pyrrole nitrogens is 1. The van der Waals surface area contributed by atoms with Crippen LogP contribution in [-0.2, 0) is 0 Å². The molecule has 0 aliphatic rings. The van der Waals surface area contributed by atoms with Gasteiger partial charge in [0.05, 0.1) is 27.3 Å². The van der Waals surface area contributed by atoms with Gasteiger partial charge >= 0.3 is 5.69 Å². The van der Waals surface area contributed by atoms with E-state index >= 15 is 0 Å². The Hall–Kier alpha value is -2.80. The smallest absolute Gasteiger partial charge is 0.304 e. The molecule has 0 fully saturated rings. The van der Waals surface area contributed by atoms with Crippen molar-refractivity contribution in [2.24, 2.45) is 0 Å². The Bertz CT molecular complexity index is 1220. The maximum Gasteiger partial charge on any atom is 0.333 e. The predicted octanol–water partition coefficient (Wildman–Crippen LogP) is 3.13. The van der Waals surface area contributed by atoms with Gasteiger partial charge in [-0.3, -0.25) is 9.78 Å². The summed E-state index contributed by atoms with van der Waals surface area (Å²) >= 11 is 3.05. The van der Waals surface area contributed by atoms with Gasteiger partial charge in [-0.1, -0.05) is 24.3 Å². The Balaban J connectivity index is 2.17. The highest BCUT2D eigenvalue weighted by Gasteiger charge is 2.15. The Kier molecular flexibility index (Phi) is 3.31. The van der Waals surface area contributed by atoms with Gasteiger partial charge < -0.3 is 4.98 Å². The minimum Gasteiger partial charge on any atom is -0.304 e. The zero-order chi connectivity index (χ0) is 16.8. The van der Waals surface area contributed by atoms with Crippen LogP contribution in [0.1, 0.15) is 0 Å². The van der Waals surface area contributed by atoms with Gasteiger partial charge in [0.15, 0.2) is 5.82 Å². The second-order valence-corrected chi connectivity index (χ2v) is 6.09. The molecule has 0 aliphatic heterocycles. The van der Waals surface area contributed by atoms with Gasteiger partial charge in [-0.2, -0.15) is 0 Å². The van der Waals surface area contributed by atoms with Crippen molar-refractivity contribution in [2.75, 3.05) is 0 Å². The zero-order valence-electron chi connectivity index (χ0n) is 12.1. The van der Waals surface area contributed by atoms with E-state index in [1.54, 1.807) is 12.3 Å². The first-order valence-electron chi connectivity index (χ1n) is 7.04. The predicted molar refractivity (Wildman–Crippen MR) is 93.1 cm³/mol. The van der Waals surface area contributed by atoms with Crippen molar-refractivity contribution in [3.05, 3.63) is 79.9 Å². The molecule has 0 saturated heterocycles. The van der Waals surface area contributed by atoms with Crippen molar-refractivity contribution >= 4 is 37.6 Å². The van der Waals surface area contributed by atoms with Gasteiger partial charge in [-0.05, 0) is 28.1 Å². The quantitative estimate of drug-likeness (QED) is 0.547. The number of pyridine rings is 1. The number of fused-ring (bicyclic) bond motifs is 2. The second-order valence-electron chi connectivity index (χ2n) is 5.23. The molecule has 2 heterocycles. The van der Waals surface area contributed by atoms with Crippen LogP contribution in [0.2, 0.25) is 0 Å². The van der Waals surface area contributed by atoms with Crippen LogP contribution in [0.15, 0.2) is 62.9 Å². The third kappa shape index (κ3) is 2.09. The zero-order valence-corrected chi connectivity index (χ0v) is 13.7. The van der Waals surface area contributed by atoms with Crippen LogP contribution in [0.4, 0.5) is 4.39 Å². The van der Waals surface area contributed by atoms with E-state index < -0.39 is 17.1 Å². The molecular weight excluding hydrogens is 377 g/mol. The third-order valence-corrected chi connectivity index (χ3v) is 4.46. The van der Waals surface area contributed by atoms with E-state index in [0.717, 1.165) is 9.95 Å². The summed E-state index contributed by atoms with van der Waals surface area (Å²) in [6.07, 6.45) is 3.09. The van der Waals surface area contributed by atoms with E-state index in [-0.39, 0.29) is 15.4 Å². The fraction of sp³-hybridized carbons (Fsp3) is 0. The summed E-state index contributed by atoms with van der Waals surface area (Å²) in [5, 5.41) is 1.59. The molecule has 4 aromatic rings. The summed E-state index contributed by atoms with van der Waals surface area (Å²) in [6.45, 7) is 0. The summed E-state index contributed by atoms with van der Waals surface area (Å²) in [7, 11) is 0. The van der Waals surface area contributed by atoms with Gasteiger partial charge in [0.1, 0.15) is 0 Å². The highest BCUT2D eigenvalue weighted by Crippen LogP contribution is 2.22. The fourth-order valence-electron chi connectivity index (χ4n) is 2.72. The van der Waals surface area contributed by atoms with Crippen LogP contribution in [0.5, 0.6) is 0 Å². The molecule has 4 rings (SSSR count). The molecule has 0 spiro atoms. The van der Waals surface area contributed by atoms with Crippen LogP contribution < -0.4 is 11.2 Å². The normalized spacial score (nSPS) is 11.2. The largest absolute Gasteiger partial charge is 0.333 e. The average molecular weight is 386 g/mol. The Labute approximate surface area is 142 Å². The lowest BCUT2D eigenvalue weighted by atomic mass is 10.1. The van der Waals surface area contributed by atoms with Gasteiger partial charge in [0, 0.05) is 17.0 Å². The molecular formula is C17H9BrFN3O2. The topological polar surface area (TPSA) is 67.8 Å². The van der Waals surface area contributed by atoms with E-state index in [9.17, 15) is 14.0 Å². The van der Waals surface area contributed by atoms with Crippen LogP contribution in [0, 0.1) is 5.82 Å². The number of benzene rings is 2. The molecule has 5 nitrogen and oxygen atoms in total. The number of rotatable bonds is 1. The number of nitrogens with one attached hydrogen (secondary N) is 1. The van der Waals surface area contributed by atoms with Crippen molar-refractivity contribution in [1.29, 1.82) is 0 Å². The van der Waals surface area contributed by atoms with E-state index in [1.165, 1.54) is 18.3 Å². The lowest BCUT2D eigenvalue weighted by molar-refractivity contribution is 0.628. The number of hydrogen-bond acceptors (Lipinski definition) is 3. The minimum absolute atomic E-state index is 0.0863. The standard InChI is InChI=1S/C17H9BrFN3O2/c18-12-6-5-11-15(14(12)19)21-17(24)22(16(11)23)13-8-20-7-9-3-1-2-4-10(9)13/h1-8H,(H,21,24). The average Bonchev–Trinajstić information content (AvgIpc) is 2.59. The number of aromatic amines is 1. The molecule has 1 N–H and O–H groups in total. The third-order valence-electron chi connectivity index (χ3n) is 3.85. The van der Waals surface area contributed by atoms with E-state index in [1.807, 2.05) is 18.2 Å². The first kappa shape index (κ1) is 14.8. The van der Waals surface area contributed by atoms with E-state index in [0.29, 0.717) is 11.1 Å². The Morgan fingerprint density at radius 2 is 1.83 bits per heavy atom. The molecule has 7 heteroatoms. The molecule has 0 bridgehead atoms. The maximum absolute atomic E-state index is 14.2. The molecule has 2 aromatic carbocycles. The maximum atomic E-state index is 14.2. The molecule has 118 valence electrons. The van der Waals surface area contributed by atoms with Crippen LogP contribution in [-0.4, -0.2) is 14.5 Å². The molecule has 0 radical (unpaired) electrons. The lowest BCUT2D eigenvalue weighted by Crippen LogP contribution is -2.34. The van der Waals surface area contributed by atoms with Crippen molar-refractivity contribution in [3.8, 4) is 5.69 Å². The Morgan fingerprint density at radius 1 is 1.04 bits per heavy atom. The number of nitrogens with zero attached hydrogens (tertiary/aromatic N) is 2. The highest BCUT2D eigenvalue weighted by atomic mass is 79.9. The SMILES string of the molecule is O=c1[nH]c2c(F)c(Br)ccc2c(=O)n1-c1cncc2ccccc12. The van der Waals surface area contributed by atoms with Crippen molar-refractivity contribution in [3.63, 3.8) is 0 Å². The summed E-state index contributed by atoms with van der Waals surface area (Å²) in [5.41, 5.74) is -1.09. The van der Waals surface area contributed by atoms with E-state index in [2.05, 4.69) is 25.9 Å². The van der Waals surface area contributed by atoms with Crippen molar-refractivity contribution < 1.29 is 4.39 Å². The fourth-order valence-corrected chi connectivity index (χ4v) is 3.05. The van der Waals surface area contributed by atoms with E-state index in [4.69, 9.17) is 0 Å². The molecule has 0 atom stereocenters. The minimum atomic E-state index is -0.720. The second kappa shape index (κ2) is 5.38. The number of halogens is 2. The van der Waals surface area contributed by atoms with Gasteiger partial charge in [-0.25, -0.2) is 13.8 Å². The lowest BCUT2D eigenvalue weighted by Gasteiger charge is -2.09. The van der Waals surface area contributed by atoms with Crippen molar-refractivity contribution in [2.45, 2.75) is 0 Å². The van der Waals surface area contributed by atoms with Crippen LogP contribution >= 0.6 is 15.9 Å². The highest BCUT2D eigenvalue weighted by molar-refractivity contribution is 9.10. The summed E-state index contributed by atoms with van der Waals surface area (Å²) < 4.78 is 15.3. The molecule has 2 aromatic heterocycles. The summed E-state index contributed by atoms with van der Waals surface area (Å²) in [5.74, 6) is -0.676. The summed E-state index contributed by atoms with van der Waals surface area (Å²) in [4.78, 5) is 31.8. The molecule has 0 aliphatic carbocycles. The molecule has 0 amide bonds.